The van der Waals surface area contributed by atoms with E-state index >= 15 is 0 Å². The van der Waals surface area contributed by atoms with Crippen molar-refractivity contribution in [1.82, 2.24) is 9.97 Å². The topological polar surface area (TPSA) is 37.8 Å². The highest BCUT2D eigenvalue weighted by Crippen LogP contribution is 2.25. The van der Waals surface area contributed by atoms with Crippen LogP contribution in [0.5, 0.6) is 0 Å². The molecule has 0 radical (unpaired) electrons. The van der Waals surface area contributed by atoms with E-state index in [2.05, 4.69) is 47.1 Å². The Morgan fingerprint density at radius 3 is 2.81 bits per heavy atom. The van der Waals surface area contributed by atoms with Gasteiger partial charge in [-0.15, -0.1) is 0 Å². The van der Waals surface area contributed by atoms with E-state index in [0.717, 1.165) is 14.6 Å². The molecule has 0 aliphatic rings. The third kappa shape index (κ3) is 2.93. The van der Waals surface area contributed by atoms with Gasteiger partial charge in [-0.2, -0.15) is 4.98 Å². The summed E-state index contributed by atoms with van der Waals surface area (Å²) in [7, 11) is 0. The Labute approximate surface area is 115 Å². The Morgan fingerprint density at radius 2 is 2.06 bits per heavy atom. The number of halogens is 3. The predicted octanol–water partition coefficient (Wildman–Crippen LogP) is 4.40. The summed E-state index contributed by atoms with van der Waals surface area (Å²) in [4.78, 5) is 7.94. The molecule has 1 heterocycles. The highest BCUT2D eigenvalue weighted by Gasteiger charge is 2.04. The molecule has 0 saturated heterocycles. The third-order valence-electron chi connectivity index (χ3n) is 1.80. The molecule has 1 aromatic heterocycles. The highest BCUT2D eigenvalue weighted by atomic mass is 79.9. The Kier molecular flexibility index (Phi) is 3.78. The molecular formula is C10H6Br2ClN3. The first-order valence-corrected chi connectivity index (χ1v) is 6.32. The minimum atomic E-state index is 0.209. The van der Waals surface area contributed by atoms with E-state index in [4.69, 9.17) is 11.6 Å². The summed E-state index contributed by atoms with van der Waals surface area (Å²) < 4.78 is 1.76. The average molecular weight is 363 g/mol. The smallest absolute Gasteiger partial charge is 0.224 e. The van der Waals surface area contributed by atoms with Crippen LogP contribution in [0, 0.1) is 0 Å². The summed E-state index contributed by atoms with van der Waals surface area (Å²) in [5, 5.41) is 3.35. The van der Waals surface area contributed by atoms with Crippen molar-refractivity contribution >= 4 is 55.0 Å². The molecule has 0 bridgehead atoms. The van der Waals surface area contributed by atoms with E-state index in [1.165, 1.54) is 0 Å². The lowest BCUT2D eigenvalue weighted by Gasteiger charge is -2.07. The molecule has 0 aliphatic carbocycles. The Balaban J connectivity index is 2.30. The second-order valence-electron chi connectivity index (χ2n) is 2.97. The average Bonchev–Trinajstić information content (AvgIpc) is 2.24. The van der Waals surface area contributed by atoms with Gasteiger partial charge in [0.05, 0.1) is 4.47 Å². The molecule has 0 atom stereocenters. The second-order valence-corrected chi connectivity index (χ2v) is 5.08. The van der Waals surface area contributed by atoms with Gasteiger partial charge in [-0.25, -0.2) is 4.98 Å². The first kappa shape index (κ1) is 11.8. The summed E-state index contributed by atoms with van der Waals surface area (Å²) in [5.74, 6) is 0.637. The van der Waals surface area contributed by atoms with Crippen molar-refractivity contribution < 1.29 is 0 Å². The monoisotopic (exact) mass is 361 g/mol. The maximum Gasteiger partial charge on any atom is 0.224 e. The molecule has 2 aromatic rings. The van der Waals surface area contributed by atoms with Crippen molar-refractivity contribution in [1.29, 1.82) is 0 Å². The fraction of sp³-hybridized carbons (Fsp3) is 0. The minimum Gasteiger partial charge on any atom is -0.339 e. The first-order chi connectivity index (χ1) is 7.65. The maximum atomic E-state index is 5.72. The van der Waals surface area contributed by atoms with Crippen molar-refractivity contribution in [2.24, 2.45) is 0 Å². The van der Waals surface area contributed by atoms with Crippen LogP contribution in [0.3, 0.4) is 0 Å². The SMILES string of the molecule is Clc1ncc(Br)c(Nc2cccc(Br)c2)n1. The molecule has 3 nitrogen and oxygen atoms in total. The van der Waals surface area contributed by atoms with Crippen molar-refractivity contribution in [2.45, 2.75) is 0 Å². The Bertz CT molecular complexity index is 519. The molecule has 1 N–H and O–H groups in total. The van der Waals surface area contributed by atoms with Crippen LogP contribution in [-0.2, 0) is 0 Å². The van der Waals surface area contributed by atoms with Crippen LogP contribution >= 0.6 is 43.5 Å². The first-order valence-electron chi connectivity index (χ1n) is 4.36. The van der Waals surface area contributed by atoms with E-state index in [1.807, 2.05) is 24.3 Å². The fourth-order valence-electron chi connectivity index (χ4n) is 1.14. The lowest BCUT2D eigenvalue weighted by atomic mass is 10.3. The van der Waals surface area contributed by atoms with Gasteiger partial charge >= 0.3 is 0 Å². The van der Waals surface area contributed by atoms with Gasteiger partial charge in [0.25, 0.3) is 0 Å². The number of hydrogen-bond acceptors (Lipinski definition) is 3. The number of rotatable bonds is 2. The van der Waals surface area contributed by atoms with Crippen molar-refractivity contribution in [3.63, 3.8) is 0 Å². The van der Waals surface area contributed by atoms with E-state index < -0.39 is 0 Å². The zero-order chi connectivity index (χ0) is 11.5. The normalized spacial score (nSPS) is 10.2. The number of hydrogen-bond donors (Lipinski definition) is 1. The van der Waals surface area contributed by atoms with Gasteiger partial charge in [0.1, 0.15) is 5.82 Å². The van der Waals surface area contributed by atoms with Crippen molar-refractivity contribution in [3.05, 3.63) is 44.7 Å². The Hall–Kier alpha value is -0.650. The van der Waals surface area contributed by atoms with Gasteiger partial charge < -0.3 is 5.32 Å². The van der Waals surface area contributed by atoms with Gasteiger partial charge in [0, 0.05) is 16.4 Å². The molecule has 0 amide bonds. The maximum absolute atomic E-state index is 5.72. The second kappa shape index (κ2) is 5.12. The molecule has 1 aromatic carbocycles. The van der Waals surface area contributed by atoms with Gasteiger partial charge in [-0.3, -0.25) is 0 Å². The Morgan fingerprint density at radius 1 is 1.25 bits per heavy atom. The zero-order valence-electron chi connectivity index (χ0n) is 7.92. The van der Waals surface area contributed by atoms with Crippen LogP contribution in [0.2, 0.25) is 5.28 Å². The molecule has 0 unspecified atom stereocenters. The molecular weight excluding hydrogens is 357 g/mol. The lowest BCUT2D eigenvalue weighted by molar-refractivity contribution is 1.15. The summed E-state index contributed by atoms with van der Waals surface area (Å²) in [5.41, 5.74) is 0.921. The minimum absolute atomic E-state index is 0.209. The van der Waals surface area contributed by atoms with E-state index in [0.29, 0.717) is 5.82 Å². The molecule has 16 heavy (non-hydrogen) atoms. The lowest BCUT2D eigenvalue weighted by Crippen LogP contribution is -1.96. The fourth-order valence-corrected chi connectivity index (χ4v) is 1.96. The molecule has 0 aliphatic heterocycles. The number of nitrogens with zero attached hydrogens (tertiary/aromatic N) is 2. The standard InChI is InChI=1S/C10H6Br2ClN3/c11-6-2-1-3-7(4-6)15-9-8(12)5-14-10(13)16-9/h1-5H,(H,14,15,16). The van der Waals surface area contributed by atoms with Gasteiger partial charge in [-0.1, -0.05) is 22.0 Å². The number of benzene rings is 1. The highest BCUT2D eigenvalue weighted by molar-refractivity contribution is 9.10. The number of aromatic nitrogens is 2. The third-order valence-corrected chi connectivity index (χ3v) is 3.06. The van der Waals surface area contributed by atoms with Crippen molar-refractivity contribution in [3.8, 4) is 0 Å². The molecule has 0 fully saturated rings. The van der Waals surface area contributed by atoms with Crippen LogP contribution in [0.4, 0.5) is 11.5 Å². The van der Waals surface area contributed by atoms with Gasteiger partial charge in [0.15, 0.2) is 0 Å². The summed E-state index contributed by atoms with van der Waals surface area (Å²) in [6.45, 7) is 0. The largest absolute Gasteiger partial charge is 0.339 e. The van der Waals surface area contributed by atoms with Crippen LogP contribution < -0.4 is 5.32 Å². The van der Waals surface area contributed by atoms with E-state index in [9.17, 15) is 0 Å². The molecule has 0 spiro atoms. The summed E-state index contributed by atoms with van der Waals surface area (Å²) in [6.07, 6.45) is 1.61. The van der Waals surface area contributed by atoms with E-state index in [-0.39, 0.29) is 5.28 Å². The van der Waals surface area contributed by atoms with Crippen LogP contribution in [-0.4, -0.2) is 9.97 Å². The quantitative estimate of drug-likeness (QED) is 0.804. The number of anilines is 2. The molecule has 6 heteroatoms. The zero-order valence-corrected chi connectivity index (χ0v) is 11.8. The van der Waals surface area contributed by atoms with Crippen molar-refractivity contribution in [2.75, 3.05) is 5.32 Å². The molecule has 0 saturated carbocycles. The van der Waals surface area contributed by atoms with Crippen LogP contribution in [0.15, 0.2) is 39.4 Å². The van der Waals surface area contributed by atoms with E-state index in [1.54, 1.807) is 6.20 Å². The molecule has 82 valence electrons. The van der Waals surface area contributed by atoms with Gasteiger partial charge in [0.2, 0.25) is 5.28 Å². The summed E-state index contributed by atoms with van der Waals surface area (Å²) in [6, 6.07) is 7.77. The van der Waals surface area contributed by atoms with Crippen LogP contribution in [0.1, 0.15) is 0 Å². The summed E-state index contributed by atoms with van der Waals surface area (Å²) >= 11 is 12.5. The van der Waals surface area contributed by atoms with Gasteiger partial charge in [-0.05, 0) is 45.7 Å². The number of nitrogens with one attached hydrogen (secondary N) is 1. The molecule has 2 rings (SSSR count). The van der Waals surface area contributed by atoms with Crippen LogP contribution in [0.25, 0.3) is 0 Å². The predicted molar refractivity (Wildman–Crippen MR) is 72.2 cm³/mol.